The largest absolute Gasteiger partial charge is 0.497 e. The van der Waals surface area contributed by atoms with Crippen molar-refractivity contribution in [1.82, 2.24) is 0 Å². The molecule has 84 heavy (non-hydrogen) atoms. The van der Waals surface area contributed by atoms with Crippen molar-refractivity contribution < 1.29 is 76.3 Å². The predicted molar refractivity (Wildman–Crippen MR) is 313 cm³/mol. The van der Waals surface area contributed by atoms with Gasteiger partial charge in [-0.3, -0.25) is 14.4 Å². The van der Waals surface area contributed by atoms with Gasteiger partial charge in [0.15, 0.2) is 17.3 Å². The Kier molecular flexibility index (Phi) is 21.3. The van der Waals surface area contributed by atoms with E-state index in [4.69, 9.17) is 37.9 Å². The summed E-state index contributed by atoms with van der Waals surface area (Å²) in [5, 5.41) is 1.83. The molecule has 9 rings (SSSR count). The van der Waals surface area contributed by atoms with Crippen LogP contribution in [0.25, 0.3) is 21.9 Å². The Balaban J connectivity index is 0.000000186. The number of Topliss-reactive ketones (excluding diaryl/α,β-unsaturated/α-hetero) is 3. The van der Waals surface area contributed by atoms with Gasteiger partial charge in [0.1, 0.15) is 47.7 Å². The molecule has 0 unspecified atom stereocenters. The first-order valence-corrected chi connectivity index (χ1v) is 25.9. The first-order chi connectivity index (χ1) is 40.5. The number of fused-ring (bicyclic) bond motifs is 1. The van der Waals surface area contributed by atoms with E-state index in [0.717, 1.165) is 21.9 Å². The summed E-state index contributed by atoms with van der Waals surface area (Å²) in [5.41, 5.74) is 5.47. The van der Waals surface area contributed by atoms with Crippen LogP contribution in [0.15, 0.2) is 206 Å². The molecule has 0 spiro atoms. The molecule has 9 aromatic rings. The molecular formula is C68H56O16. The van der Waals surface area contributed by atoms with Gasteiger partial charge in [-0.1, -0.05) is 66.7 Å². The van der Waals surface area contributed by atoms with Crippen LogP contribution in [0.2, 0.25) is 0 Å². The Labute approximate surface area is 484 Å². The Morgan fingerprint density at radius 2 is 0.512 bits per heavy atom. The summed E-state index contributed by atoms with van der Waals surface area (Å²) < 4.78 is 41.5. The maximum Gasteiger partial charge on any atom is 0.343 e. The molecule has 0 atom stereocenters. The lowest BCUT2D eigenvalue weighted by molar-refractivity contribution is 0.0265. The third kappa shape index (κ3) is 17.3. The summed E-state index contributed by atoms with van der Waals surface area (Å²) >= 11 is 0. The number of ether oxygens (including phenoxy) is 8. The van der Waals surface area contributed by atoms with Crippen molar-refractivity contribution in [3.63, 3.8) is 0 Å². The molecule has 0 amide bonds. The van der Waals surface area contributed by atoms with Crippen LogP contribution >= 0.6 is 0 Å². The van der Waals surface area contributed by atoms with Crippen molar-refractivity contribution in [2.75, 3.05) is 34.5 Å². The standard InChI is InChI=1S/C29H22O6.C20H16O4.C19H18O6/c1-19(30)20-3-5-23(6-4-20)28(31)34-26-15-7-21(8-16-26)22-9-17-27(18-10-22)35-29(32)24-11-13-25(33-2)14-12-24;1-13(21)15-3-4-17-12-19(10-7-16(17)11-15)24-20(22)14-5-8-18(23-2)9-6-14;1-13(20)14-3-5-15(6-4-14)18(21)24-11-12-25-19(22)16-7-9-17(23-2)10-8-16/h3-18H,1-2H3;3-12H,1-2H3;3-10H,11-12H2,1-2H3. The van der Waals surface area contributed by atoms with Gasteiger partial charge in [-0.25, -0.2) is 24.0 Å². The second-order valence-electron chi connectivity index (χ2n) is 18.2. The van der Waals surface area contributed by atoms with Gasteiger partial charge in [-0.15, -0.1) is 0 Å². The molecule has 0 radical (unpaired) electrons. The Bertz CT molecular complexity index is 3780. The van der Waals surface area contributed by atoms with Crippen molar-refractivity contribution >= 4 is 58.0 Å². The topological polar surface area (TPSA) is 210 Å². The molecule has 0 saturated heterocycles. The Morgan fingerprint density at radius 1 is 0.262 bits per heavy atom. The highest BCUT2D eigenvalue weighted by Crippen LogP contribution is 2.27. The highest BCUT2D eigenvalue weighted by Gasteiger charge is 2.15. The van der Waals surface area contributed by atoms with E-state index < -0.39 is 29.8 Å². The van der Waals surface area contributed by atoms with Gasteiger partial charge >= 0.3 is 29.8 Å². The van der Waals surface area contributed by atoms with Gasteiger partial charge in [0.25, 0.3) is 0 Å². The highest BCUT2D eigenvalue weighted by atomic mass is 16.6. The van der Waals surface area contributed by atoms with Crippen LogP contribution in [0.4, 0.5) is 0 Å². The molecule has 0 aromatic heterocycles. The van der Waals surface area contributed by atoms with Crippen molar-refractivity contribution in [3.8, 4) is 45.6 Å². The summed E-state index contributed by atoms with van der Waals surface area (Å²) in [7, 11) is 4.67. The lowest BCUT2D eigenvalue weighted by Gasteiger charge is -2.08. The van der Waals surface area contributed by atoms with Crippen LogP contribution in [0, 0.1) is 0 Å². The minimum absolute atomic E-state index is 0.0203. The van der Waals surface area contributed by atoms with Gasteiger partial charge in [-0.2, -0.15) is 0 Å². The number of hydrogen-bond acceptors (Lipinski definition) is 16. The molecule has 0 N–H and O–H groups in total. The van der Waals surface area contributed by atoms with E-state index in [-0.39, 0.29) is 30.6 Å². The molecule has 0 fully saturated rings. The zero-order chi connectivity index (χ0) is 60.1. The molecule has 0 aliphatic carbocycles. The molecule has 16 nitrogen and oxygen atoms in total. The normalized spacial score (nSPS) is 10.3. The van der Waals surface area contributed by atoms with Crippen molar-refractivity contribution in [3.05, 3.63) is 251 Å². The fraction of sp³-hybridized carbons (Fsp3) is 0.118. The van der Waals surface area contributed by atoms with E-state index in [0.29, 0.717) is 79.0 Å². The first-order valence-electron chi connectivity index (χ1n) is 25.9. The van der Waals surface area contributed by atoms with Crippen LogP contribution in [0.3, 0.4) is 0 Å². The number of ketones is 3. The van der Waals surface area contributed by atoms with E-state index in [1.807, 2.05) is 42.5 Å². The zero-order valence-electron chi connectivity index (χ0n) is 46.6. The molecule has 0 bridgehead atoms. The van der Waals surface area contributed by atoms with Crippen LogP contribution in [-0.2, 0) is 9.47 Å². The lowest BCUT2D eigenvalue weighted by Crippen LogP contribution is -2.14. The fourth-order valence-electron chi connectivity index (χ4n) is 7.73. The van der Waals surface area contributed by atoms with Crippen molar-refractivity contribution in [2.24, 2.45) is 0 Å². The number of methoxy groups -OCH3 is 3. The molecule has 0 aliphatic rings. The number of hydrogen-bond donors (Lipinski definition) is 0. The number of esters is 5. The van der Waals surface area contributed by atoms with E-state index in [1.54, 1.807) is 166 Å². The van der Waals surface area contributed by atoms with Gasteiger partial charge in [0, 0.05) is 16.7 Å². The lowest BCUT2D eigenvalue weighted by atomic mass is 10.0. The molecule has 16 heteroatoms. The van der Waals surface area contributed by atoms with Gasteiger partial charge < -0.3 is 37.9 Å². The highest BCUT2D eigenvalue weighted by molar-refractivity contribution is 6.00. The van der Waals surface area contributed by atoms with Gasteiger partial charge in [-0.05, 0) is 182 Å². The molecule has 0 saturated carbocycles. The maximum atomic E-state index is 12.4. The van der Waals surface area contributed by atoms with Crippen LogP contribution < -0.4 is 28.4 Å². The van der Waals surface area contributed by atoms with E-state index in [2.05, 4.69) is 0 Å². The Morgan fingerprint density at radius 3 is 0.845 bits per heavy atom. The SMILES string of the molecule is COc1ccc(C(=O)OCCOC(=O)c2ccc(C(C)=O)cc2)cc1.COc1ccc(C(=O)Oc2ccc(-c3ccc(OC(=O)c4ccc(C(C)=O)cc4)cc3)cc2)cc1.COc1ccc(C(=O)Oc2ccc3cc(C(C)=O)ccc3c2)cc1. The van der Waals surface area contributed by atoms with E-state index in [9.17, 15) is 38.4 Å². The van der Waals surface area contributed by atoms with Crippen molar-refractivity contribution in [1.29, 1.82) is 0 Å². The minimum Gasteiger partial charge on any atom is -0.497 e. The molecule has 0 heterocycles. The average molecular weight is 1130 g/mol. The molecular weight excluding hydrogens is 1070 g/mol. The average Bonchev–Trinajstić information content (AvgIpc) is 3.62. The second-order valence-corrected chi connectivity index (χ2v) is 18.2. The summed E-state index contributed by atoms with van der Waals surface area (Å²) in [5.74, 6) is 0.695. The third-order valence-corrected chi connectivity index (χ3v) is 12.5. The predicted octanol–water partition coefficient (Wildman–Crippen LogP) is 13.2. The maximum absolute atomic E-state index is 12.4. The summed E-state index contributed by atoms with van der Waals surface area (Å²) in [4.78, 5) is 94.5. The quantitative estimate of drug-likeness (QED) is 0.0338. The van der Waals surface area contributed by atoms with E-state index >= 15 is 0 Å². The smallest absolute Gasteiger partial charge is 0.343 e. The number of carbonyl (C=O) groups is 8. The second kappa shape index (κ2) is 29.5. The van der Waals surface area contributed by atoms with Crippen molar-refractivity contribution in [2.45, 2.75) is 20.8 Å². The first kappa shape index (κ1) is 60.6. The van der Waals surface area contributed by atoms with Crippen LogP contribution in [0.1, 0.15) is 104 Å². The molecule has 424 valence electrons. The van der Waals surface area contributed by atoms with E-state index in [1.165, 1.54) is 40.0 Å². The van der Waals surface area contributed by atoms with Gasteiger partial charge in [0.05, 0.1) is 49.1 Å². The number of benzene rings is 9. The van der Waals surface area contributed by atoms with Gasteiger partial charge in [0.2, 0.25) is 0 Å². The number of rotatable bonds is 18. The minimum atomic E-state index is -0.546. The zero-order valence-corrected chi connectivity index (χ0v) is 46.6. The van der Waals surface area contributed by atoms with Crippen LogP contribution in [-0.4, -0.2) is 81.7 Å². The fourth-order valence-corrected chi connectivity index (χ4v) is 7.73. The molecule has 0 aliphatic heterocycles. The summed E-state index contributed by atoms with van der Waals surface area (Å²) in [6, 6.07) is 57.3. The third-order valence-electron chi connectivity index (χ3n) is 12.5. The summed E-state index contributed by atoms with van der Waals surface area (Å²) in [6.45, 7) is 4.34. The van der Waals surface area contributed by atoms with Crippen LogP contribution in [0.5, 0.6) is 34.5 Å². The molecule has 9 aromatic carbocycles. The number of carbonyl (C=O) groups excluding carboxylic acids is 8. The monoisotopic (exact) mass is 1130 g/mol. The Hall–Kier alpha value is -11.0. The summed E-state index contributed by atoms with van der Waals surface area (Å²) in [6.07, 6.45) is 0.